The monoisotopic (exact) mass is 376 g/mol. The van der Waals surface area contributed by atoms with Crippen LogP contribution >= 0.6 is 0 Å². The first kappa shape index (κ1) is 18.3. The largest absolute Gasteiger partial charge is 0.326 e. The van der Waals surface area contributed by atoms with E-state index in [-0.39, 0.29) is 29.6 Å². The number of carbonyl (C=O) groups excluding carboxylic acids is 1. The van der Waals surface area contributed by atoms with Gasteiger partial charge in [0.25, 0.3) is 11.5 Å². The molecule has 1 saturated carbocycles. The second-order valence-corrected chi connectivity index (χ2v) is 7.61. The zero-order valence-electron chi connectivity index (χ0n) is 16.4. The number of carbonyl (C=O) groups is 1. The Bertz CT molecular complexity index is 1070. The third-order valence-corrected chi connectivity index (χ3v) is 5.23. The Morgan fingerprint density at radius 2 is 1.75 bits per heavy atom. The smallest absolute Gasteiger partial charge is 0.275 e. The Morgan fingerprint density at radius 3 is 2.36 bits per heavy atom. The maximum Gasteiger partial charge on any atom is 0.275 e. The molecule has 28 heavy (non-hydrogen) atoms. The van der Waals surface area contributed by atoms with Crippen molar-refractivity contribution in [3.05, 3.63) is 70.4 Å². The molecule has 144 valence electrons. The highest BCUT2D eigenvalue weighted by Gasteiger charge is 2.38. The number of benzene rings is 1. The fourth-order valence-electron chi connectivity index (χ4n) is 3.61. The van der Waals surface area contributed by atoms with Crippen molar-refractivity contribution in [2.45, 2.75) is 51.7 Å². The first-order chi connectivity index (χ1) is 13.5. The zero-order valence-corrected chi connectivity index (χ0v) is 16.4. The SMILES string of the molecule is CC(c1ccccn1)N(C(=O)c1nn(C(C)C)c(=O)c2ccccc12)C1CC1. The number of nitrogens with zero attached hydrogens (tertiary/aromatic N) is 4. The van der Waals surface area contributed by atoms with Crippen LogP contribution in [0.4, 0.5) is 0 Å². The van der Waals surface area contributed by atoms with E-state index >= 15 is 0 Å². The second-order valence-electron chi connectivity index (χ2n) is 7.61. The van der Waals surface area contributed by atoms with Crippen molar-refractivity contribution in [2.75, 3.05) is 0 Å². The molecule has 3 aromatic rings. The topological polar surface area (TPSA) is 68.1 Å². The van der Waals surface area contributed by atoms with Gasteiger partial charge in [0.2, 0.25) is 0 Å². The van der Waals surface area contributed by atoms with Crippen LogP contribution in [0.15, 0.2) is 53.5 Å². The van der Waals surface area contributed by atoms with Crippen molar-refractivity contribution in [1.29, 1.82) is 0 Å². The van der Waals surface area contributed by atoms with Gasteiger partial charge in [-0.15, -0.1) is 0 Å². The molecule has 6 nitrogen and oxygen atoms in total. The van der Waals surface area contributed by atoms with E-state index in [0.717, 1.165) is 18.5 Å². The standard InChI is InChI=1S/C22H24N4O2/c1-14(2)26-21(27)18-9-5-4-8-17(18)20(24-26)22(28)25(16-11-12-16)15(3)19-10-6-7-13-23-19/h4-10,13-16H,11-12H2,1-3H3. The molecule has 2 heterocycles. The minimum absolute atomic E-state index is 0.133. The predicted molar refractivity (Wildman–Crippen MR) is 108 cm³/mol. The summed E-state index contributed by atoms with van der Waals surface area (Å²) in [6.07, 6.45) is 3.70. The quantitative estimate of drug-likeness (QED) is 0.680. The highest BCUT2D eigenvalue weighted by molar-refractivity contribution is 6.05. The number of aromatic nitrogens is 3. The number of fused-ring (bicyclic) bond motifs is 1. The van der Waals surface area contributed by atoms with Gasteiger partial charge >= 0.3 is 0 Å². The van der Waals surface area contributed by atoms with Crippen LogP contribution in [0.25, 0.3) is 10.8 Å². The van der Waals surface area contributed by atoms with Gasteiger partial charge in [0.15, 0.2) is 5.69 Å². The fraction of sp³-hybridized carbons (Fsp3) is 0.364. The Labute approximate surface area is 163 Å². The van der Waals surface area contributed by atoms with E-state index in [1.54, 1.807) is 18.3 Å². The fourth-order valence-corrected chi connectivity index (χ4v) is 3.61. The Morgan fingerprint density at radius 1 is 1.07 bits per heavy atom. The van der Waals surface area contributed by atoms with Gasteiger partial charge in [0.1, 0.15) is 0 Å². The molecule has 0 N–H and O–H groups in total. The number of hydrogen-bond donors (Lipinski definition) is 0. The van der Waals surface area contributed by atoms with Gasteiger partial charge in [-0.05, 0) is 51.8 Å². The lowest BCUT2D eigenvalue weighted by Crippen LogP contribution is -2.38. The maximum atomic E-state index is 13.7. The van der Waals surface area contributed by atoms with Gasteiger partial charge in [-0.3, -0.25) is 14.6 Å². The molecular formula is C22H24N4O2. The molecule has 0 bridgehead atoms. The first-order valence-electron chi connectivity index (χ1n) is 9.74. The summed E-state index contributed by atoms with van der Waals surface area (Å²) in [6.45, 7) is 5.79. The molecule has 1 aliphatic carbocycles. The lowest BCUT2D eigenvalue weighted by atomic mass is 10.1. The summed E-state index contributed by atoms with van der Waals surface area (Å²) in [4.78, 5) is 32.8. The molecular weight excluding hydrogens is 352 g/mol. The van der Waals surface area contributed by atoms with E-state index in [1.807, 2.05) is 56.0 Å². The molecule has 0 radical (unpaired) electrons. The Hall–Kier alpha value is -3.02. The van der Waals surface area contributed by atoms with Gasteiger partial charge in [-0.1, -0.05) is 24.3 Å². The van der Waals surface area contributed by atoms with E-state index in [0.29, 0.717) is 16.5 Å². The molecule has 0 aliphatic heterocycles. The highest BCUT2D eigenvalue weighted by Crippen LogP contribution is 2.35. The lowest BCUT2D eigenvalue weighted by Gasteiger charge is -2.29. The zero-order chi connectivity index (χ0) is 19.8. The van der Waals surface area contributed by atoms with Crippen LogP contribution in [0.1, 0.15) is 61.9 Å². The summed E-state index contributed by atoms with van der Waals surface area (Å²) in [5.41, 5.74) is 1.01. The van der Waals surface area contributed by atoms with Gasteiger partial charge in [0, 0.05) is 17.6 Å². The van der Waals surface area contributed by atoms with Crippen LogP contribution in [-0.2, 0) is 0 Å². The lowest BCUT2D eigenvalue weighted by molar-refractivity contribution is 0.0663. The average Bonchev–Trinajstić information content (AvgIpc) is 3.54. The molecule has 1 aliphatic rings. The van der Waals surface area contributed by atoms with E-state index in [1.165, 1.54) is 4.68 Å². The summed E-state index contributed by atoms with van der Waals surface area (Å²) in [5, 5.41) is 5.63. The van der Waals surface area contributed by atoms with E-state index in [9.17, 15) is 9.59 Å². The van der Waals surface area contributed by atoms with Gasteiger partial charge in [-0.25, -0.2) is 4.68 Å². The van der Waals surface area contributed by atoms with Crippen molar-refractivity contribution < 1.29 is 4.79 Å². The molecule has 1 atom stereocenters. The van der Waals surface area contributed by atoms with Crippen molar-refractivity contribution in [3.63, 3.8) is 0 Å². The highest BCUT2D eigenvalue weighted by atomic mass is 16.2. The van der Waals surface area contributed by atoms with Crippen molar-refractivity contribution in [3.8, 4) is 0 Å². The van der Waals surface area contributed by atoms with Gasteiger partial charge in [-0.2, -0.15) is 5.10 Å². The Kier molecular flexibility index (Phi) is 4.71. The summed E-state index contributed by atoms with van der Waals surface area (Å²) >= 11 is 0. The van der Waals surface area contributed by atoms with E-state index < -0.39 is 0 Å². The van der Waals surface area contributed by atoms with E-state index in [2.05, 4.69) is 10.1 Å². The molecule has 1 amide bonds. The average molecular weight is 376 g/mol. The summed E-state index contributed by atoms with van der Waals surface area (Å²) in [7, 11) is 0. The van der Waals surface area contributed by atoms with Gasteiger partial charge in [0.05, 0.1) is 23.2 Å². The third kappa shape index (κ3) is 3.19. The first-order valence-corrected chi connectivity index (χ1v) is 9.74. The van der Waals surface area contributed by atoms with Crippen LogP contribution in [0.2, 0.25) is 0 Å². The van der Waals surface area contributed by atoms with Gasteiger partial charge < -0.3 is 4.90 Å². The normalized spacial score (nSPS) is 15.0. The van der Waals surface area contributed by atoms with Crippen molar-refractivity contribution in [1.82, 2.24) is 19.7 Å². The molecule has 1 unspecified atom stereocenters. The van der Waals surface area contributed by atoms with E-state index in [4.69, 9.17) is 0 Å². The number of hydrogen-bond acceptors (Lipinski definition) is 4. The van der Waals surface area contributed by atoms with Crippen LogP contribution in [0, 0.1) is 0 Å². The molecule has 1 fully saturated rings. The molecule has 0 saturated heterocycles. The second kappa shape index (κ2) is 7.19. The number of pyridine rings is 1. The van der Waals surface area contributed by atoms with Crippen LogP contribution in [0.3, 0.4) is 0 Å². The maximum absolute atomic E-state index is 13.7. The predicted octanol–water partition coefficient (Wildman–Crippen LogP) is 3.74. The number of amides is 1. The van der Waals surface area contributed by atoms with Crippen molar-refractivity contribution in [2.24, 2.45) is 0 Å². The molecule has 4 rings (SSSR count). The molecule has 6 heteroatoms. The molecule has 2 aromatic heterocycles. The third-order valence-electron chi connectivity index (χ3n) is 5.23. The minimum Gasteiger partial charge on any atom is -0.326 e. The van der Waals surface area contributed by atoms with Crippen molar-refractivity contribution >= 4 is 16.7 Å². The minimum atomic E-state index is -0.169. The van der Waals surface area contributed by atoms with Crippen LogP contribution < -0.4 is 5.56 Å². The summed E-state index contributed by atoms with van der Waals surface area (Å²) in [5.74, 6) is -0.147. The number of rotatable bonds is 5. The van der Waals surface area contributed by atoms with Crippen LogP contribution in [-0.4, -0.2) is 31.6 Å². The Balaban J connectivity index is 1.85. The summed E-state index contributed by atoms with van der Waals surface area (Å²) in [6, 6.07) is 12.8. The molecule has 1 aromatic carbocycles. The molecule has 0 spiro atoms. The van der Waals surface area contributed by atoms with Crippen LogP contribution in [0.5, 0.6) is 0 Å². The summed E-state index contributed by atoms with van der Waals surface area (Å²) < 4.78 is 1.41.